The molecule has 1 N–H and O–H groups in total. The van der Waals surface area contributed by atoms with Crippen molar-refractivity contribution in [3.8, 4) is 0 Å². The molecule has 1 aromatic rings. The number of fused-ring (bicyclic) bond motifs is 1. The van der Waals surface area contributed by atoms with E-state index in [9.17, 15) is 5.11 Å². The predicted octanol–water partition coefficient (Wildman–Crippen LogP) is 4.18. The van der Waals surface area contributed by atoms with Crippen LogP contribution in [0.2, 0.25) is 0 Å². The van der Waals surface area contributed by atoms with Gasteiger partial charge in [0.1, 0.15) is 0 Å². The Labute approximate surface area is 135 Å². The molecule has 22 heavy (non-hydrogen) atoms. The first-order valence-corrected chi connectivity index (χ1v) is 9.18. The molecule has 0 spiro atoms. The van der Waals surface area contributed by atoms with Crippen LogP contribution in [-0.4, -0.2) is 30.1 Å². The molecular weight excluding hydrogens is 270 g/mol. The molecule has 1 saturated carbocycles. The summed E-state index contributed by atoms with van der Waals surface area (Å²) >= 11 is 0. The van der Waals surface area contributed by atoms with Crippen molar-refractivity contribution in [1.29, 1.82) is 0 Å². The topological polar surface area (TPSA) is 23.5 Å². The summed E-state index contributed by atoms with van der Waals surface area (Å²) in [6.07, 6.45) is 10.3. The number of rotatable bonds is 5. The lowest BCUT2D eigenvalue weighted by Crippen LogP contribution is -2.30. The van der Waals surface area contributed by atoms with Crippen LogP contribution in [0, 0.1) is 11.8 Å². The average Bonchev–Trinajstić information content (AvgIpc) is 2.55. The smallest absolute Gasteiger partial charge is 0.0821 e. The number of aliphatic hydroxyl groups is 1. The Morgan fingerprint density at radius 1 is 1.09 bits per heavy atom. The average molecular weight is 301 g/mol. The Kier molecular flexibility index (Phi) is 5.54. The maximum atomic E-state index is 10.6. The molecule has 2 aliphatic rings. The minimum Gasteiger partial charge on any atom is -0.388 e. The zero-order valence-corrected chi connectivity index (χ0v) is 14.0. The molecule has 0 amide bonds. The molecule has 0 bridgehead atoms. The van der Waals surface area contributed by atoms with E-state index in [-0.39, 0.29) is 6.10 Å². The predicted molar refractivity (Wildman–Crippen MR) is 91.9 cm³/mol. The first-order valence-electron chi connectivity index (χ1n) is 9.18. The van der Waals surface area contributed by atoms with Crippen molar-refractivity contribution in [2.75, 3.05) is 20.1 Å². The van der Waals surface area contributed by atoms with Crippen LogP contribution in [0.1, 0.15) is 62.2 Å². The van der Waals surface area contributed by atoms with Gasteiger partial charge in [0, 0.05) is 6.54 Å². The van der Waals surface area contributed by atoms with Gasteiger partial charge in [0.15, 0.2) is 0 Å². The summed E-state index contributed by atoms with van der Waals surface area (Å²) in [6.45, 7) is 2.37. The first-order chi connectivity index (χ1) is 10.7. The van der Waals surface area contributed by atoms with Crippen LogP contribution in [0.3, 0.4) is 0 Å². The summed E-state index contributed by atoms with van der Waals surface area (Å²) < 4.78 is 0. The molecule has 0 heterocycles. The molecule has 0 aliphatic heterocycles. The largest absolute Gasteiger partial charge is 0.388 e. The summed E-state index contributed by atoms with van der Waals surface area (Å²) in [6, 6.07) is 8.42. The van der Waals surface area contributed by atoms with Crippen LogP contribution in [-0.2, 0) is 6.42 Å². The molecule has 3 rings (SSSR count). The second kappa shape index (κ2) is 7.61. The lowest BCUT2D eigenvalue weighted by molar-refractivity contribution is 0.0804. The maximum Gasteiger partial charge on any atom is 0.0821 e. The number of nitrogens with zero attached hydrogens (tertiary/aromatic N) is 1. The highest BCUT2D eigenvalue weighted by atomic mass is 16.3. The van der Waals surface area contributed by atoms with Crippen LogP contribution in [0.4, 0.5) is 0 Å². The van der Waals surface area contributed by atoms with Gasteiger partial charge < -0.3 is 10.0 Å². The van der Waals surface area contributed by atoms with Gasteiger partial charge in [-0.25, -0.2) is 0 Å². The third-order valence-electron chi connectivity index (χ3n) is 5.78. The Hall–Kier alpha value is -0.860. The third-order valence-corrected chi connectivity index (χ3v) is 5.78. The standard InChI is InChI=1S/C20H31NO/c1-21(15-16-7-3-2-4-8-16)14-13-18-12-11-17-9-5-6-10-19(17)20(18)22/h5-6,9-10,16,18,20,22H,2-4,7-8,11-15H2,1H3. The van der Waals surface area contributed by atoms with Gasteiger partial charge in [-0.1, -0.05) is 43.5 Å². The van der Waals surface area contributed by atoms with Crippen LogP contribution < -0.4 is 0 Å². The van der Waals surface area contributed by atoms with Crippen molar-refractivity contribution in [1.82, 2.24) is 4.90 Å². The molecule has 1 aromatic carbocycles. The lowest BCUT2D eigenvalue weighted by atomic mass is 9.80. The van der Waals surface area contributed by atoms with Gasteiger partial charge in [-0.15, -0.1) is 0 Å². The molecular formula is C20H31NO. The zero-order valence-electron chi connectivity index (χ0n) is 14.0. The van der Waals surface area contributed by atoms with Crippen molar-refractivity contribution in [2.24, 2.45) is 11.8 Å². The Balaban J connectivity index is 1.47. The first kappa shape index (κ1) is 16.0. The summed E-state index contributed by atoms with van der Waals surface area (Å²) in [4.78, 5) is 2.50. The highest BCUT2D eigenvalue weighted by Gasteiger charge is 2.27. The number of benzene rings is 1. The van der Waals surface area contributed by atoms with Gasteiger partial charge in [0.2, 0.25) is 0 Å². The van der Waals surface area contributed by atoms with Gasteiger partial charge in [0.05, 0.1) is 6.10 Å². The van der Waals surface area contributed by atoms with Crippen molar-refractivity contribution in [2.45, 2.75) is 57.5 Å². The molecule has 122 valence electrons. The summed E-state index contributed by atoms with van der Waals surface area (Å²) in [5, 5.41) is 10.6. The van der Waals surface area contributed by atoms with E-state index < -0.39 is 0 Å². The minimum absolute atomic E-state index is 0.256. The van der Waals surface area contributed by atoms with E-state index >= 15 is 0 Å². The summed E-state index contributed by atoms with van der Waals surface area (Å²) in [5.41, 5.74) is 2.52. The fourth-order valence-corrected chi connectivity index (χ4v) is 4.39. The molecule has 2 atom stereocenters. The molecule has 2 unspecified atom stereocenters. The molecule has 0 aromatic heterocycles. The number of hydrogen-bond donors (Lipinski definition) is 1. The fraction of sp³-hybridized carbons (Fsp3) is 0.700. The lowest BCUT2D eigenvalue weighted by Gasteiger charge is -2.32. The molecule has 2 nitrogen and oxygen atoms in total. The number of hydrogen-bond acceptors (Lipinski definition) is 2. The van der Waals surface area contributed by atoms with Crippen molar-refractivity contribution >= 4 is 0 Å². The monoisotopic (exact) mass is 301 g/mol. The Morgan fingerprint density at radius 2 is 1.86 bits per heavy atom. The quantitative estimate of drug-likeness (QED) is 0.881. The Bertz CT molecular complexity index is 467. The van der Waals surface area contributed by atoms with Crippen LogP contribution in [0.15, 0.2) is 24.3 Å². The van der Waals surface area contributed by atoms with Crippen molar-refractivity contribution in [3.63, 3.8) is 0 Å². The van der Waals surface area contributed by atoms with E-state index in [0.29, 0.717) is 5.92 Å². The molecule has 2 heteroatoms. The van der Waals surface area contributed by atoms with Crippen molar-refractivity contribution in [3.05, 3.63) is 35.4 Å². The van der Waals surface area contributed by atoms with Gasteiger partial charge in [0.25, 0.3) is 0 Å². The van der Waals surface area contributed by atoms with Crippen molar-refractivity contribution < 1.29 is 5.11 Å². The summed E-state index contributed by atoms with van der Waals surface area (Å²) in [7, 11) is 2.26. The van der Waals surface area contributed by atoms with E-state index in [1.807, 2.05) is 0 Å². The molecule has 2 aliphatic carbocycles. The van der Waals surface area contributed by atoms with E-state index in [4.69, 9.17) is 0 Å². The van der Waals surface area contributed by atoms with E-state index in [1.54, 1.807) is 0 Å². The Morgan fingerprint density at radius 3 is 2.68 bits per heavy atom. The van der Waals surface area contributed by atoms with E-state index in [1.165, 1.54) is 49.8 Å². The van der Waals surface area contributed by atoms with Gasteiger partial charge in [-0.05, 0) is 68.7 Å². The van der Waals surface area contributed by atoms with Gasteiger partial charge >= 0.3 is 0 Å². The highest BCUT2D eigenvalue weighted by molar-refractivity contribution is 5.31. The molecule has 0 radical (unpaired) electrons. The molecule has 0 saturated heterocycles. The van der Waals surface area contributed by atoms with Crippen LogP contribution in [0.5, 0.6) is 0 Å². The zero-order chi connectivity index (χ0) is 15.4. The number of aliphatic hydroxyl groups excluding tert-OH is 1. The molecule has 1 fully saturated rings. The second-order valence-corrected chi connectivity index (χ2v) is 7.50. The fourth-order valence-electron chi connectivity index (χ4n) is 4.39. The highest BCUT2D eigenvalue weighted by Crippen LogP contribution is 2.36. The summed E-state index contributed by atoms with van der Waals surface area (Å²) in [5.74, 6) is 1.35. The van der Waals surface area contributed by atoms with Crippen LogP contribution >= 0.6 is 0 Å². The third kappa shape index (κ3) is 3.91. The normalized spacial score (nSPS) is 26.1. The van der Waals surface area contributed by atoms with Gasteiger partial charge in [-0.2, -0.15) is 0 Å². The van der Waals surface area contributed by atoms with E-state index in [2.05, 4.69) is 36.2 Å². The van der Waals surface area contributed by atoms with Gasteiger partial charge in [-0.3, -0.25) is 0 Å². The SMILES string of the molecule is CN(CCC1CCc2ccccc2C1O)CC1CCCCC1. The number of aryl methyl sites for hydroxylation is 1. The maximum absolute atomic E-state index is 10.6. The van der Waals surface area contributed by atoms with Crippen LogP contribution in [0.25, 0.3) is 0 Å². The minimum atomic E-state index is -0.256. The van der Waals surface area contributed by atoms with E-state index in [0.717, 1.165) is 31.7 Å². The second-order valence-electron chi connectivity index (χ2n) is 7.50.